The topological polar surface area (TPSA) is 71.9 Å². The molecule has 0 amide bonds. The van der Waals surface area contributed by atoms with Gasteiger partial charge in [-0.2, -0.15) is 0 Å². The summed E-state index contributed by atoms with van der Waals surface area (Å²) in [6, 6.07) is 15.9. The Bertz CT molecular complexity index is 1280. The number of anilines is 1. The largest absolute Gasteiger partial charge is 0.463 e. The fourth-order valence-electron chi connectivity index (χ4n) is 4.40. The number of ether oxygens (including phenoxy) is 1. The molecule has 0 spiro atoms. The highest BCUT2D eigenvalue weighted by Crippen LogP contribution is 2.42. The van der Waals surface area contributed by atoms with Gasteiger partial charge in [-0.3, -0.25) is 4.57 Å². The van der Waals surface area contributed by atoms with Crippen molar-refractivity contribution >= 4 is 33.9 Å². The third-order valence-electron chi connectivity index (χ3n) is 5.63. The van der Waals surface area contributed by atoms with Crippen LogP contribution in [0.1, 0.15) is 38.3 Å². The van der Waals surface area contributed by atoms with Gasteiger partial charge in [-0.25, -0.2) is 9.78 Å². The summed E-state index contributed by atoms with van der Waals surface area (Å²) in [7, 11) is 0. The average molecular weight is 400 g/mol. The van der Waals surface area contributed by atoms with Crippen molar-refractivity contribution in [1.82, 2.24) is 14.5 Å². The van der Waals surface area contributed by atoms with Crippen molar-refractivity contribution < 1.29 is 9.53 Å². The monoisotopic (exact) mass is 400 g/mol. The molecule has 5 rings (SSSR count). The second-order valence-corrected chi connectivity index (χ2v) is 7.47. The number of rotatable bonds is 5. The first-order chi connectivity index (χ1) is 14.7. The SMILES string of the molecule is CCCC1=C(C(=O)OCC)[C@@H](c2c[nH]c3ccccc23)n2c(nc3ccccc32)N1. The molecule has 3 heterocycles. The summed E-state index contributed by atoms with van der Waals surface area (Å²) >= 11 is 0. The fraction of sp³-hybridized carbons (Fsp3) is 0.250. The van der Waals surface area contributed by atoms with Crippen LogP contribution in [0.25, 0.3) is 21.9 Å². The first-order valence-corrected chi connectivity index (χ1v) is 10.4. The van der Waals surface area contributed by atoms with Crippen LogP contribution in [0.3, 0.4) is 0 Å². The second-order valence-electron chi connectivity index (χ2n) is 7.47. The Hall–Kier alpha value is -3.54. The Kier molecular flexibility index (Phi) is 4.54. The number of benzene rings is 2. The molecule has 0 saturated carbocycles. The average Bonchev–Trinajstić information content (AvgIpc) is 3.34. The Morgan fingerprint density at radius 2 is 1.93 bits per heavy atom. The van der Waals surface area contributed by atoms with Crippen LogP contribution in [0, 0.1) is 0 Å². The number of nitrogens with zero attached hydrogens (tertiary/aromatic N) is 2. The number of hydrogen-bond acceptors (Lipinski definition) is 4. The molecule has 0 saturated heterocycles. The van der Waals surface area contributed by atoms with E-state index in [1.807, 2.05) is 55.6 Å². The summed E-state index contributed by atoms with van der Waals surface area (Å²) < 4.78 is 7.64. The number of allylic oxidation sites excluding steroid dienone is 1. The molecular formula is C24H24N4O2. The van der Waals surface area contributed by atoms with Gasteiger partial charge in [0.25, 0.3) is 0 Å². The quantitative estimate of drug-likeness (QED) is 0.455. The smallest absolute Gasteiger partial charge is 0.338 e. The molecule has 0 bridgehead atoms. The molecule has 0 aliphatic carbocycles. The predicted octanol–water partition coefficient (Wildman–Crippen LogP) is 5.15. The lowest BCUT2D eigenvalue weighted by molar-refractivity contribution is -0.139. The minimum absolute atomic E-state index is 0.285. The van der Waals surface area contributed by atoms with Gasteiger partial charge in [0.2, 0.25) is 5.95 Å². The Labute approximate surface area is 174 Å². The van der Waals surface area contributed by atoms with Crippen LogP contribution in [0.4, 0.5) is 5.95 Å². The molecular weight excluding hydrogens is 376 g/mol. The van der Waals surface area contributed by atoms with Crippen molar-refractivity contribution in [1.29, 1.82) is 0 Å². The minimum atomic E-state index is -0.328. The molecule has 0 radical (unpaired) electrons. The first kappa shape index (κ1) is 18.5. The number of nitrogens with one attached hydrogen (secondary N) is 2. The van der Waals surface area contributed by atoms with Crippen molar-refractivity contribution in [3.8, 4) is 0 Å². The molecule has 2 aromatic carbocycles. The number of carbonyl (C=O) groups excluding carboxylic acids is 1. The number of hydrogen-bond donors (Lipinski definition) is 2. The first-order valence-electron chi connectivity index (χ1n) is 10.4. The highest BCUT2D eigenvalue weighted by atomic mass is 16.5. The predicted molar refractivity (Wildman–Crippen MR) is 118 cm³/mol. The van der Waals surface area contributed by atoms with E-state index in [0.29, 0.717) is 12.2 Å². The van der Waals surface area contributed by atoms with Gasteiger partial charge < -0.3 is 15.0 Å². The number of para-hydroxylation sites is 3. The lowest BCUT2D eigenvalue weighted by Crippen LogP contribution is -2.29. The summed E-state index contributed by atoms with van der Waals surface area (Å²) in [5.41, 5.74) is 5.48. The summed E-state index contributed by atoms with van der Waals surface area (Å²) in [5.74, 6) is 0.468. The van der Waals surface area contributed by atoms with Gasteiger partial charge in [0.1, 0.15) is 0 Å². The highest BCUT2D eigenvalue weighted by Gasteiger charge is 2.37. The molecule has 30 heavy (non-hydrogen) atoms. The Balaban J connectivity index is 1.83. The van der Waals surface area contributed by atoms with Gasteiger partial charge in [-0.15, -0.1) is 0 Å². The van der Waals surface area contributed by atoms with Crippen LogP contribution in [-0.2, 0) is 9.53 Å². The van der Waals surface area contributed by atoms with Crippen molar-refractivity contribution in [2.75, 3.05) is 11.9 Å². The number of esters is 1. The zero-order valence-electron chi connectivity index (χ0n) is 17.1. The van der Waals surface area contributed by atoms with Crippen molar-refractivity contribution in [2.24, 2.45) is 0 Å². The molecule has 4 aromatic rings. The number of H-pyrrole nitrogens is 1. The van der Waals surface area contributed by atoms with Crippen molar-refractivity contribution in [3.63, 3.8) is 0 Å². The van der Waals surface area contributed by atoms with Gasteiger partial charge in [0.05, 0.1) is 29.3 Å². The maximum absolute atomic E-state index is 13.2. The highest BCUT2D eigenvalue weighted by molar-refractivity contribution is 5.96. The van der Waals surface area contributed by atoms with Crippen molar-refractivity contribution in [3.05, 3.63) is 71.6 Å². The van der Waals surface area contributed by atoms with Crippen molar-refractivity contribution in [2.45, 2.75) is 32.7 Å². The van der Waals surface area contributed by atoms with Crippen LogP contribution in [0.15, 0.2) is 66.0 Å². The van der Waals surface area contributed by atoms with Crippen LogP contribution < -0.4 is 5.32 Å². The molecule has 1 aliphatic heterocycles. The summed E-state index contributed by atoms with van der Waals surface area (Å²) in [5, 5.41) is 4.53. The third-order valence-corrected chi connectivity index (χ3v) is 5.63. The number of imidazole rings is 1. The summed E-state index contributed by atoms with van der Waals surface area (Å²) in [6.45, 7) is 4.28. The van der Waals surface area contributed by atoms with E-state index in [1.54, 1.807) is 0 Å². The van der Waals surface area contributed by atoms with E-state index in [0.717, 1.165) is 52.0 Å². The number of fused-ring (bicyclic) bond motifs is 4. The van der Waals surface area contributed by atoms with E-state index in [2.05, 4.69) is 27.9 Å². The van der Waals surface area contributed by atoms with E-state index < -0.39 is 0 Å². The maximum atomic E-state index is 13.2. The van der Waals surface area contributed by atoms with E-state index in [4.69, 9.17) is 9.72 Å². The minimum Gasteiger partial charge on any atom is -0.463 e. The lowest BCUT2D eigenvalue weighted by atomic mass is 9.93. The normalized spacial score (nSPS) is 16.0. The molecule has 1 aliphatic rings. The van der Waals surface area contributed by atoms with E-state index in [-0.39, 0.29) is 12.0 Å². The van der Waals surface area contributed by atoms with E-state index >= 15 is 0 Å². The van der Waals surface area contributed by atoms with Crippen LogP contribution in [-0.4, -0.2) is 27.1 Å². The van der Waals surface area contributed by atoms with E-state index in [1.165, 1.54) is 0 Å². The third kappa shape index (κ3) is 2.79. The molecule has 1 atom stereocenters. The Morgan fingerprint density at radius 3 is 2.77 bits per heavy atom. The molecule has 6 heteroatoms. The van der Waals surface area contributed by atoms with Gasteiger partial charge in [-0.1, -0.05) is 43.7 Å². The molecule has 2 N–H and O–H groups in total. The van der Waals surface area contributed by atoms with Gasteiger partial charge in [-0.05, 0) is 31.5 Å². The Morgan fingerprint density at radius 1 is 1.13 bits per heavy atom. The number of carbonyl (C=O) groups is 1. The molecule has 152 valence electrons. The molecule has 6 nitrogen and oxygen atoms in total. The maximum Gasteiger partial charge on any atom is 0.338 e. The van der Waals surface area contributed by atoms with Gasteiger partial charge in [0, 0.05) is 28.4 Å². The van der Waals surface area contributed by atoms with Crippen LogP contribution in [0.5, 0.6) is 0 Å². The van der Waals surface area contributed by atoms with Gasteiger partial charge in [0.15, 0.2) is 0 Å². The second kappa shape index (κ2) is 7.37. The lowest BCUT2D eigenvalue weighted by Gasteiger charge is -2.31. The van der Waals surface area contributed by atoms with Crippen LogP contribution >= 0.6 is 0 Å². The number of aromatic amines is 1. The fourth-order valence-corrected chi connectivity index (χ4v) is 4.40. The molecule has 0 fully saturated rings. The van der Waals surface area contributed by atoms with Gasteiger partial charge >= 0.3 is 5.97 Å². The zero-order valence-corrected chi connectivity index (χ0v) is 17.1. The standard InChI is InChI=1S/C24H24N4O2/c1-3-9-19-21(23(29)30-4-2)22(16-14-25-17-11-6-5-10-15(16)17)28-20-13-8-7-12-18(20)26-24(28)27-19/h5-8,10-14,22,25H,3-4,9H2,1-2H3,(H,26,27)/t22-/m1/s1. The zero-order chi connectivity index (χ0) is 20.7. The van der Waals surface area contributed by atoms with Crippen LogP contribution in [0.2, 0.25) is 0 Å². The summed E-state index contributed by atoms with van der Waals surface area (Å²) in [6.07, 6.45) is 3.66. The number of aromatic nitrogens is 3. The van der Waals surface area contributed by atoms with E-state index in [9.17, 15) is 4.79 Å². The molecule has 2 aromatic heterocycles. The summed E-state index contributed by atoms with van der Waals surface area (Å²) in [4.78, 5) is 21.4. The molecule has 0 unspecified atom stereocenters.